The van der Waals surface area contributed by atoms with Crippen LogP contribution in [0, 0.1) is 6.92 Å². The summed E-state index contributed by atoms with van der Waals surface area (Å²) in [7, 11) is -1.85. The summed E-state index contributed by atoms with van der Waals surface area (Å²) in [5.74, 6) is 0. The van der Waals surface area contributed by atoms with Gasteiger partial charge in [-0.1, -0.05) is 18.2 Å². The maximum Gasteiger partial charge on any atom is 0.242 e. The molecule has 0 radical (unpaired) electrons. The van der Waals surface area contributed by atoms with Gasteiger partial charge in [0, 0.05) is 38.3 Å². The minimum atomic E-state index is -3.64. The van der Waals surface area contributed by atoms with Crippen molar-refractivity contribution in [3.05, 3.63) is 52.8 Å². The molecule has 0 saturated heterocycles. The first-order valence-corrected chi connectivity index (χ1v) is 9.53. The molecule has 0 saturated carbocycles. The number of aromatic nitrogens is 3. The average molecular weight is 357 g/mol. The van der Waals surface area contributed by atoms with E-state index in [2.05, 4.69) is 20.1 Å². The van der Waals surface area contributed by atoms with Gasteiger partial charge in [-0.25, -0.2) is 18.1 Å². The van der Waals surface area contributed by atoms with E-state index in [0.29, 0.717) is 5.65 Å². The molecule has 0 amide bonds. The third-order valence-corrected chi connectivity index (χ3v) is 5.88. The Labute approximate surface area is 146 Å². The molecule has 8 heteroatoms. The van der Waals surface area contributed by atoms with Crippen molar-refractivity contribution in [2.45, 2.75) is 31.5 Å². The van der Waals surface area contributed by atoms with Gasteiger partial charge in [-0.15, -0.1) is 0 Å². The van der Waals surface area contributed by atoms with E-state index in [1.807, 2.05) is 25.1 Å². The lowest BCUT2D eigenvalue weighted by Gasteiger charge is -2.08. The van der Waals surface area contributed by atoms with Crippen LogP contribution >= 0.6 is 0 Å². The van der Waals surface area contributed by atoms with Crippen molar-refractivity contribution in [3.8, 4) is 0 Å². The first kappa shape index (κ1) is 16.2. The molecule has 0 aliphatic carbocycles. The molecule has 1 aliphatic rings. The van der Waals surface area contributed by atoms with Gasteiger partial charge in [0.25, 0.3) is 0 Å². The zero-order valence-corrected chi connectivity index (χ0v) is 14.9. The maximum absolute atomic E-state index is 12.6. The summed E-state index contributed by atoms with van der Waals surface area (Å²) in [6, 6.07) is 7.68. The number of rotatable bonds is 4. The summed E-state index contributed by atoms with van der Waals surface area (Å²) in [5, 5.41) is 8.30. The highest BCUT2D eigenvalue weighted by molar-refractivity contribution is 7.89. The van der Waals surface area contributed by atoms with Gasteiger partial charge in [0.2, 0.25) is 10.0 Å². The van der Waals surface area contributed by atoms with Crippen molar-refractivity contribution in [3.63, 3.8) is 0 Å². The van der Waals surface area contributed by atoms with E-state index in [4.69, 9.17) is 0 Å². The number of nitrogens with one attached hydrogen (secondary N) is 2. The Morgan fingerprint density at radius 2 is 2.04 bits per heavy atom. The van der Waals surface area contributed by atoms with E-state index < -0.39 is 10.0 Å². The number of nitrogens with zero attached hydrogens (tertiary/aromatic N) is 3. The summed E-state index contributed by atoms with van der Waals surface area (Å²) in [5.41, 5.74) is 4.87. The Bertz CT molecular complexity index is 1070. The van der Waals surface area contributed by atoms with E-state index in [1.54, 1.807) is 17.8 Å². The third-order valence-electron chi connectivity index (χ3n) is 4.52. The zero-order chi connectivity index (χ0) is 17.6. The fourth-order valence-corrected chi connectivity index (χ4v) is 4.14. The number of aryl methyl sites for hydroxylation is 2. The van der Waals surface area contributed by atoms with Crippen molar-refractivity contribution < 1.29 is 8.42 Å². The van der Waals surface area contributed by atoms with E-state index in [-0.39, 0.29) is 11.4 Å². The predicted molar refractivity (Wildman–Crippen MR) is 94.3 cm³/mol. The molecule has 2 aromatic heterocycles. The van der Waals surface area contributed by atoms with Crippen LogP contribution in [0.1, 0.15) is 22.4 Å². The van der Waals surface area contributed by atoms with Crippen LogP contribution in [-0.2, 0) is 36.7 Å². The number of sulfonamides is 1. The van der Waals surface area contributed by atoms with E-state index >= 15 is 0 Å². The number of hydrogen-bond acceptors (Lipinski definition) is 5. The smallest absolute Gasteiger partial charge is 0.242 e. The average Bonchev–Trinajstić information content (AvgIpc) is 3.17. The van der Waals surface area contributed by atoms with Gasteiger partial charge < -0.3 is 5.32 Å². The van der Waals surface area contributed by atoms with Crippen LogP contribution in [-0.4, -0.2) is 23.2 Å². The molecule has 0 atom stereocenters. The van der Waals surface area contributed by atoms with Gasteiger partial charge in [0.1, 0.15) is 4.90 Å². The topological polar surface area (TPSA) is 88.9 Å². The van der Waals surface area contributed by atoms with Crippen LogP contribution in [0.25, 0.3) is 11.0 Å². The van der Waals surface area contributed by atoms with Crippen LogP contribution in [0.5, 0.6) is 0 Å². The highest BCUT2D eigenvalue weighted by atomic mass is 32.2. The highest BCUT2D eigenvalue weighted by Crippen LogP contribution is 2.20. The third kappa shape index (κ3) is 2.92. The molecule has 3 aromatic rings. The van der Waals surface area contributed by atoms with Crippen molar-refractivity contribution in [1.29, 1.82) is 0 Å². The molecular formula is C17H19N5O2S. The van der Waals surface area contributed by atoms with Crippen LogP contribution in [0.15, 0.2) is 35.4 Å². The number of fused-ring (bicyclic) bond motifs is 2. The molecule has 25 heavy (non-hydrogen) atoms. The standard InChI is InChI=1S/C17H19N5O2S/c1-11-16-6-15(10-19-17(16)22(2)21-11)25(23,24)20-7-12-3-4-13-8-18-9-14(13)5-12/h3-6,10,18,20H,7-9H2,1-2H3. The SMILES string of the molecule is Cc1nn(C)c2ncc(S(=O)(=O)NCc3ccc4c(c3)CNC4)cc12. The van der Waals surface area contributed by atoms with Crippen LogP contribution < -0.4 is 10.0 Å². The van der Waals surface area contributed by atoms with Gasteiger partial charge in [0.05, 0.1) is 5.69 Å². The Hall–Kier alpha value is -2.29. The first-order chi connectivity index (χ1) is 11.9. The molecule has 0 bridgehead atoms. The molecule has 0 spiro atoms. The number of pyridine rings is 1. The minimum absolute atomic E-state index is 0.152. The monoisotopic (exact) mass is 357 g/mol. The normalized spacial score (nSPS) is 14.2. The van der Waals surface area contributed by atoms with Crippen LogP contribution in [0.2, 0.25) is 0 Å². The van der Waals surface area contributed by atoms with E-state index in [0.717, 1.165) is 29.7 Å². The summed E-state index contributed by atoms with van der Waals surface area (Å²) in [6.45, 7) is 3.79. The van der Waals surface area contributed by atoms with Crippen molar-refractivity contribution in [1.82, 2.24) is 24.8 Å². The number of benzene rings is 1. The van der Waals surface area contributed by atoms with Gasteiger partial charge in [-0.3, -0.25) is 4.68 Å². The lowest BCUT2D eigenvalue weighted by Crippen LogP contribution is -2.23. The molecule has 0 unspecified atom stereocenters. The molecular weight excluding hydrogens is 338 g/mol. The van der Waals surface area contributed by atoms with Gasteiger partial charge in [-0.2, -0.15) is 5.10 Å². The zero-order valence-electron chi connectivity index (χ0n) is 14.1. The Morgan fingerprint density at radius 3 is 2.88 bits per heavy atom. The summed E-state index contributed by atoms with van der Waals surface area (Å²) >= 11 is 0. The number of hydrogen-bond donors (Lipinski definition) is 2. The molecule has 1 aromatic carbocycles. The Morgan fingerprint density at radius 1 is 1.24 bits per heavy atom. The van der Waals surface area contributed by atoms with Crippen LogP contribution in [0.4, 0.5) is 0 Å². The summed E-state index contributed by atoms with van der Waals surface area (Å²) in [4.78, 5) is 4.39. The molecule has 2 N–H and O–H groups in total. The first-order valence-electron chi connectivity index (χ1n) is 8.04. The van der Waals surface area contributed by atoms with Gasteiger partial charge >= 0.3 is 0 Å². The van der Waals surface area contributed by atoms with Gasteiger partial charge in [-0.05, 0) is 29.7 Å². The Kier molecular flexibility index (Phi) is 3.82. The molecule has 0 fully saturated rings. The molecule has 1 aliphatic heterocycles. The molecule has 130 valence electrons. The molecule has 4 rings (SSSR count). The summed E-state index contributed by atoms with van der Waals surface area (Å²) < 4.78 is 29.5. The van der Waals surface area contributed by atoms with E-state index in [1.165, 1.54) is 17.3 Å². The fraction of sp³-hybridized carbons (Fsp3) is 0.294. The Balaban J connectivity index is 1.58. The maximum atomic E-state index is 12.6. The second-order valence-corrected chi connectivity index (χ2v) is 8.05. The molecule has 7 nitrogen and oxygen atoms in total. The van der Waals surface area contributed by atoms with Crippen LogP contribution in [0.3, 0.4) is 0 Å². The fourth-order valence-electron chi connectivity index (χ4n) is 3.16. The summed E-state index contributed by atoms with van der Waals surface area (Å²) in [6.07, 6.45) is 1.37. The predicted octanol–water partition coefficient (Wildman–Crippen LogP) is 1.36. The van der Waals surface area contributed by atoms with Crippen molar-refractivity contribution in [2.24, 2.45) is 7.05 Å². The lowest BCUT2D eigenvalue weighted by atomic mass is 10.1. The van der Waals surface area contributed by atoms with E-state index in [9.17, 15) is 8.42 Å². The second-order valence-electron chi connectivity index (χ2n) is 6.28. The quantitative estimate of drug-likeness (QED) is 0.736. The van der Waals surface area contributed by atoms with Crippen molar-refractivity contribution in [2.75, 3.05) is 0 Å². The second kappa shape index (κ2) is 5.91. The highest BCUT2D eigenvalue weighted by Gasteiger charge is 2.18. The van der Waals surface area contributed by atoms with Crippen molar-refractivity contribution >= 4 is 21.1 Å². The van der Waals surface area contributed by atoms with Gasteiger partial charge in [0.15, 0.2) is 5.65 Å². The lowest BCUT2D eigenvalue weighted by molar-refractivity contribution is 0.581. The minimum Gasteiger partial charge on any atom is -0.309 e. The largest absolute Gasteiger partial charge is 0.309 e. The molecule has 3 heterocycles.